The molecule has 0 saturated carbocycles. The van der Waals surface area contributed by atoms with Gasteiger partial charge in [-0.3, -0.25) is 0 Å². The van der Waals surface area contributed by atoms with Crippen molar-refractivity contribution in [3.63, 3.8) is 0 Å². The highest BCUT2D eigenvalue weighted by atomic mass is 32.1. The van der Waals surface area contributed by atoms with E-state index in [0.717, 1.165) is 45.4 Å². The van der Waals surface area contributed by atoms with Gasteiger partial charge in [0.2, 0.25) is 0 Å². The van der Waals surface area contributed by atoms with E-state index in [1.165, 1.54) is 101 Å². The lowest BCUT2D eigenvalue weighted by Gasteiger charge is -2.30. The molecule has 0 N–H and O–H groups in total. The topological polar surface area (TPSA) is 11.4 Å². The fraction of sp³-hybridized carbons (Fsp3) is 0. The molecule has 0 atom stereocenters. The summed E-state index contributed by atoms with van der Waals surface area (Å²) in [5.41, 5.74) is 16.9. The average Bonchev–Trinajstić information content (AvgIpc) is 4.39. The third-order valence-electron chi connectivity index (χ3n) is 16.1. The Morgan fingerprint density at radius 1 is 0.272 bits per heavy atom. The first-order chi connectivity index (χ1) is 40.2. The Kier molecular flexibility index (Phi) is 11.3. The third kappa shape index (κ3) is 8.00. The maximum atomic E-state index is 2.49. The quantitative estimate of drug-likeness (QED) is 0.135. The fourth-order valence-corrected chi connectivity index (χ4v) is 14.8. The van der Waals surface area contributed by atoms with Crippen LogP contribution in [0.5, 0.6) is 0 Å². The molecule has 0 aliphatic carbocycles. The van der Waals surface area contributed by atoms with E-state index in [-0.39, 0.29) is 0 Å². The zero-order valence-electron chi connectivity index (χ0n) is 43.9. The third-order valence-corrected chi connectivity index (χ3v) is 18.4. The van der Waals surface area contributed by atoms with Crippen molar-refractivity contribution in [2.45, 2.75) is 0 Å². The Morgan fingerprint density at radius 3 is 1.46 bits per heavy atom. The molecule has 81 heavy (non-hydrogen) atoms. The Bertz CT molecular complexity index is 5030. The van der Waals surface area contributed by atoms with Crippen molar-refractivity contribution >= 4 is 130 Å². The van der Waals surface area contributed by atoms with Crippen LogP contribution in [-0.2, 0) is 0 Å². The van der Waals surface area contributed by atoms with Gasteiger partial charge in [-0.25, -0.2) is 0 Å². The number of rotatable bonds is 10. The van der Waals surface area contributed by atoms with Gasteiger partial charge in [-0.2, -0.15) is 0 Å². The highest BCUT2D eigenvalue weighted by Crippen LogP contribution is 2.51. The summed E-state index contributed by atoms with van der Waals surface area (Å²) in [5, 5.41) is 10.0. The second kappa shape index (κ2) is 19.4. The minimum Gasteiger partial charge on any atom is -0.310 e. The molecule has 16 aromatic rings. The van der Waals surface area contributed by atoms with Crippen LogP contribution in [0, 0.1) is 0 Å². The van der Waals surface area contributed by atoms with Gasteiger partial charge in [0.05, 0.1) is 11.0 Å². The summed E-state index contributed by atoms with van der Waals surface area (Å²) in [6, 6.07) is 109. The Hall–Kier alpha value is -10.0. The SMILES string of the molecule is c1ccc(-c2ccc(N(c3ccccc3)c3cc(-c4cc5c6ccccc6n(-c6ccccc6)c5c5c4sc4ccccc45)cc(N(c4ccc(-c5ccccc5)cc4)c4ccc5sc6ccc7ccccc7c6c5c4)c3)cc2)cc1. The van der Waals surface area contributed by atoms with Crippen LogP contribution in [0.4, 0.5) is 34.1 Å². The number of para-hydroxylation sites is 3. The monoisotopic (exact) mass is 1070 g/mol. The maximum Gasteiger partial charge on any atom is 0.0634 e. The summed E-state index contributed by atoms with van der Waals surface area (Å²) >= 11 is 3.76. The molecule has 0 aliphatic rings. The van der Waals surface area contributed by atoms with Crippen molar-refractivity contribution in [3.05, 3.63) is 297 Å². The number of benzene rings is 13. The summed E-state index contributed by atoms with van der Waals surface area (Å²) in [6.45, 7) is 0. The maximum absolute atomic E-state index is 2.49. The smallest absolute Gasteiger partial charge is 0.0634 e. The number of thiophene rings is 2. The zero-order valence-corrected chi connectivity index (χ0v) is 45.6. The van der Waals surface area contributed by atoms with E-state index in [2.05, 4.69) is 312 Å². The fourth-order valence-electron chi connectivity index (χ4n) is 12.4. The zero-order chi connectivity index (χ0) is 53.4. The number of anilines is 6. The lowest BCUT2D eigenvalue weighted by atomic mass is 9.97. The molecule has 0 aliphatic heterocycles. The Balaban J connectivity index is 1.01. The van der Waals surface area contributed by atoms with Crippen LogP contribution >= 0.6 is 22.7 Å². The van der Waals surface area contributed by atoms with Crippen LogP contribution in [0.3, 0.4) is 0 Å². The normalized spacial score (nSPS) is 11.7. The largest absolute Gasteiger partial charge is 0.310 e. The van der Waals surface area contributed by atoms with Crippen molar-refractivity contribution in [2.75, 3.05) is 9.80 Å². The molecule has 0 radical (unpaired) electrons. The molecule has 5 heteroatoms. The van der Waals surface area contributed by atoms with Crippen LogP contribution < -0.4 is 9.80 Å². The van der Waals surface area contributed by atoms with Gasteiger partial charge in [-0.1, -0.05) is 188 Å². The Morgan fingerprint density at radius 2 is 0.778 bits per heavy atom. The van der Waals surface area contributed by atoms with Gasteiger partial charge in [0.25, 0.3) is 0 Å². The van der Waals surface area contributed by atoms with Crippen molar-refractivity contribution in [3.8, 4) is 39.1 Å². The molecule has 0 unspecified atom stereocenters. The van der Waals surface area contributed by atoms with E-state index >= 15 is 0 Å². The van der Waals surface area contributed by atoms with Crippen LogP contribution in [-0.4, -0.2) is 4.57 Å². The molecule has 0 spiro atoms. The van der Waals surface area contributed by atoms with Gasteiger partial charge in [0.1, 0.15) is 0 Å². The summed E-state index contributed by atoms with van der Waals surface area (Å²) < 4.78 is 7.56. The molecular weight excluding hydrogens is 1020 g/mol. The van der Waals surface area contributed by atoms with Crippen LogP contribution in [0.1, 0.15) is 0 Å². The molecule has 3 nitrogen and oxygen atoms in total. The lowest BCUT2D eigenvalue weighted by Crippen LogP contribution is -2.13. The minimum absolute atomic E-state index is 1.04. The molecule has 16 rings (SSSR count). The average molecular weight is 1070 g/mol. The van der Waals surface area contributed by atoms with Crippen molar-refractivity contribution < 1.29 is 0 Å². The number of hydrogen-bond donors (Lipinski definition) is 0. The predicted octanol–water partition coefficient (Wildman–Crippen LogP) is 22.6. The van der Waals surface area contributed by atoms with Crippen LogP contribution in [0.25, 0.3) is 112 Å². The van der Waals surface area contributed by atoms with Gasteiger partial charge >= 0.3 is 0 Å². The summed E-state index contributed by atoms with van der Waals surface area (Å²) in [7, 11) is 0. The van der Waals surface area contributed by atoms with Gasteiger partial charge in [-0.05, 0) is 148 Å². The Labute approximate surface area is 477 Å². The van der Waals surface area contributed by atoms with E-state index in [9.17, 15) is 0 Å². The molecule has 3 aromatic heterocycles. The first kappa shape index (κ1) is 47.0. The van der Waals surface area contributed by atoms with Crippen LogP contribution in [0.15, 0.2) is 297 Å². The van der Waals surface area contributed by atoms with Gasteiger partial charge in [-0.15, -0.1) is 22.7 Å². The first-order valence-corrected chi connectivity index (χ1v) is 29.2. The van der Waals surface area contributed by atoms with Crippen molar-refractivity contribution in [2.24, 2.45) is 0 Å². The van der Waals surface area contributed by atoms with Gasteiger partial charge < -0.3 is 14.4 Å². The summed E-state index contributed by atoms with van der Waals surface area (Å²) in [4.78, 5) is 4.92. The first-order valence-electron chi connectivity index (χ1n) is 27.6. The van der Waals surface area contributed by atoms with Crippen molar-refractivity contribution in [1.82, 2.24) is 4.57 Å². The molecule has 0 fully saturated rings. The van der Waals surface area contributed by atoms with E-state index in [1.54, 1.807) is 0 Å². The molecule has 3 heterocycles. The van der Waals surface area contributed by atoms with Crippen LogP contribution in [0.2, 0.25) is 0 Å². The highest BCUT2D eigenvalue weighted by Gasteiger charge is 2.25. The summed E-state index contributed by atoms with van der Waals surface area (Å²) in [5.74, 6) is 0. The second-order valence-electron chi connectivity index (χ2n) is 20.8. The standard InChI is InChI=1S/C76H49N3S2/c1-5-19-50(20-6-1)52-33-38-58(39-34-52)77(56-24-9-3-10-25-56)61-45-55(66-49-67-64-29-15-17-31-69(64)79(57-26-11-4-12-27-57)75(67)74-65-30-16-18-32-70(65)81-76(66)74)46-62(47-61)78(59-40-35-53(36-41-59)51-21-7-2-8-22-51)60-42-44-71-68(48-60)73-63-28-14-13-23-54(63)37-43-72(73)80-71/h1-49H. The molecule has 380 valence electrons. The lowest BCUT2D eigenvalue weighted by molar-refractivity contribution is 1.19. The molecule has 13 aromatic carbocycles. The number of hydrogen-bond acceptors (Lipinski definition) is 4. The van der Waals surface area contributed by atoms with E-state index < -0.39 is 0 Å². The van der Waals surface area contributed by atoms with E-state index in [4.69, 9.17) is 0 Å². The van der Waals surface area contributed by atoms with Gasteiger partial charge in [0, 0.05) is 96.5 Å². The van der Waals surface area contributed by atoms with E-state index in [0.29, 0.717) is 0 Å². The minimum atomic E-state index is 1.04. The molecule has 0 amide bonds. The van der Waals surface area contributed by atoms with E-state index in [1.807, 2.05) is 22.7 Å². The molecular formula is C76H49N3S2. The number of fused-ring (bicyclic) bond motifs is 12. The summed E-state index contributed by atoms with van der Waals surface area (Å²) in [6.07, 6.45) is 0. The second-order valence-corrected chi connectivity index (χ2v) is 23.0. The predicted molar refractivity (Wildman–Crippen MR) is 350 cm³/mol. The molecule has 0 saturated heterocycles. The number of nitrogens with zero attached hydrogens (tertiary/aromatic N) is 3. The van der Waals surface area contributed by atoms with Crippen molar-refractivity contribution in [1.29, 1.82) is 0 Å². The number of aromatic nitrogens is 1. The molecule has 0 bridgehead atoms. The van der Waals surface area contributed by atoms with Gasteiger partial charge in [0.15, 0.2) is 0 Å². The highest BCUT2D eigenvalue weighted by molar-refractivity contribution is 7.26.